The highest BCUT2D eigenvalue weighted by Crippen LogP contribution is 1.98. The molecule has 1 heterocycles. The molecule has 0 amide bonds. The quantitative estimate of drug-likeness (QED) is 0.693. The standard InChI is InChI=1S/C10H10ClN.C2H6/c1-7(2)4-9-5-10(11)6-12-8(9)3;1-2/h4-6H,1,3H2,2H3;1-2H3/b9-4-;. The van der Waals surface area contributed by atoms with Gasteiger partial charge in [0.1, 0.15) is 0 Å². The predicted octanol–water partition coefficient (Wildman–Crippen LogP) is 2.53. The highest BCUT2D eigenvalue weighted by atomic mass is 35.5. The van der Waals surface area contributed by atoms with Crippen LogP contribution in [0.1, 0.15) is 20.8 Å². The van der Waals surface area contributed by atoms with E-state index < -0.39 is 0 Å². The Hall–Kier alpha value is -1.08. The Bertz CT molecular complexity index is 407. The summed E-state index contributed by atoms with van der Waals surface area (Å²) in [7, 11) is 0. The molecule has 1 nitrogen and oxygen atoms in total. The number of hydrogen-bond acceptors (Lipinski definition) is 1. The van der Waals surface area contributed by atoms with E-state index in [9.17, 15) is 0 Å². The molecule has 0 aliphatic carbocycles. The molecule has 0 radical (unpaired) electrons. The van der Waals surface area contributed by atoms with Crippen molar-refractivity contribution in [3.63, 3.8) is 0 Å². The van der Waals surface area contributed by atoms with Crippen molar-refractivity contribution in [3.8, 4) is 0 Å². The lowest BCUT2D eigenvalue weighted by molar-refractivity contribution is 1.23. The van der Waals surface area contributed by atoms with E-state index in [4.69, 9.17) is 11.6 Å². The van der Waals surface area contributed by atoms with Gasteiger partial charge in [0, 0.05) is 11.4 Å². The minimum Gasteiger partial charge on any atom is -0.255 e. The highest BCUT2D eigenvalue weighted by Gasteiger charge is 1.87. The largest absolute Gasteiger partial charge is 0.255 e. The fraction of sp³-hybridized carbons (Fsp3) is 0.250. The number of allylic oxidation sites excluding steroid dienone is 1. The normalized spacial score (nSPS) is 10.4. The van der Waals surface area contributed by atoms with Gasteiger partial charge in [0.05, 0.1) is 10.4 Å². The van der Waals surface area contributed by atoms with E-state index in [1.807, 2.05) is 32.9 Å². The van der Waals surface area contributed by atoms with Crippen molar-refractivity contribution in [2.75, 3.05) is 0 Å². The predicted molar refractivity (Wildman–Crippen MR) is 64.6 cm³/mol. The number of halogens is 1. The average molecular weight is 210 g/mol. The zero-order chi connectivity index (χ0) is 11.1. The zero-order valence-electron chi connectivity index (χ0n) is 8.97. The lowest BCUT2D eigenvalue weighted by Gasteiger charge is -1.90. The van der Waals surface area contributed by atoms with Gasteiger partial charge in [0.15, 0.2) is 0 Å². The topological polar surface area (TPSA) is 12.9 Å². The summed E-state index contributed by atoms with van der Waals surface area (Å²) in [5.41, 5.74) is 0.962. The Morgan fingerprint density at radius 3 is 2.57 bits per heavy atom. The van der Waals surface area contributed by atoms with E-state index in [0.717, 1.165) is 16.1 Å². The Balaban J connectivity index is 0.000000791. The monoisotopic (exact) mass is 209 g/mol. The van der Waals surface area contributed by atoms with E-state index in [1.165, 1.54) is 0 Å². The molecule has 0 bridgehead atoms. The summed E-state index contributed by atoms with van der Waals surface area (Å²) in [6, 6.07) is 1.82. The summed E-state index contributed by atoms with van der Waals surface area (Å²) in [6.45, 7) is 13.5. The molecule has 0 unspecified atom stereocenters. The molecular weight excluding hydrogens is 194 g/mol. The molecule has 14 heavy (non-hydrogen) atoms. The van der Waals surface area contributed by atoms with E-state index >= 15 is 0 Å². The van der Waals surface area contributed by atoms with E-state index in [-0.39, 0.29) is 0 Å². The van der Waals surface area contributed by atoms with Crippen LogP contribution in [0.25, 0.3) is 12.7 Å². The van der Waals surface area contributed by atoms with E-state index in [0.29, 0.717) is 5.02 Å². The van der Waals surface area contributed by atoms with Gasteiger partial charge < -0.3 is 0 Å². The van der Waals surface area contributed by atoms with Gasteiger partial charge in [-0.3, -0.25) is 4.98 Å². The molecule has 1 rings (SSSR count). The first kappa shape index (κ1) is 12.9. The molecule has 1 aromatic heterocycles. The third-order valence-corrected chi connectivity index (χ3v) is 1.58. The molecule has 2 heteroatoms. The molecule has 0 aromatic carbocycles. The molecule has 0 aliphatic heterocycles. The molecule has 0 atom stereocenters. The maximum Gasteiger partial charge on any atom is 0.0631 e. The Morgan fingerprint density at radius 1 is 1.50 bits per heavy atom. The third kappa shape index (κ3) is 4.24. The fourth-order valence-electron chi connectivity index (χ4n) is 0.874. The highest BCUT2D eigenvalue weighted by molar-refractivity contribution is 6.30. The first-order valence-electron chi connectivity index (χ1n) is 4.57. The van der Waals surface area contributed by atoms with Crippen molar-refractivity contribution in [3.05, 3.63) is 40.0 Å². The molecule has 0 N–H and O–H groups in total. The molecule has 0 fully saturated rings. The first-order chi connectivity index (χ1) is 6.59. The smallest absolute Gasteiger partial charge is 0.0631 e. The Kier molecular flexibility index (Phi) is 5.89. The van der Waals surface area contributed by atoms with Gasteiger partial charge in [-0.1, -0.05) is 50.3 Å². The summed E-state index contributed by atoms with van der Waals surface area (Å²) in [4.78, 5) is 4.02. The van der Waals surface area contributed by atoms with Crippen LogP contribution in [0.5, 0.6) is 0 Å². The van der Waals surface area contributed by atoms with Gasteiger partial charge >= 0.3 is 0 Å². The lowest BCUT2D eigenvalue weighted by atomic mass is 10.2. The molecule has 0 spiro atoms. The molecule has 0 saturated carbocycles. The molecular formula is C12H16ClN. The van der Waals surface area contributed by atoms with Gasteiger partial charge in [-0.05, 0) is 13.0 Å². The maximum atomic E-state index is 5.76. The van der Waals surface area contributed by atoms with Crippen molar-refractivity contribution < 1.29 is 0 Å². The zero-order valence-corrected chi connectivity index (χ0v) is 9.73. The van der Waals surface area contributed by atoms with Crippen LogP contribution in [-0.2, 0) is 0 Å². The molecule has 0 saturated heterocycles. The van der Waals surface area contributed by atoms with Crippen molar-refractivity contribution in [1.82, 2.24) is 4.98 Å². The molecule has 0 aliphatic rings. The summed E-state index contributed by atoms with van der Waals surface area (Å²) in [6.07, 6.45) is 3.49. The summed E-state index contributed by atoms with van der Waals surface area (Å²) < 4.78 is 0. The van der Waals surface area contributed by atoms with Gasteiger partial charge in [-0.2, -0.15) is 0 Å². The van der Waals surface area contributed by atoms with Crippen LogP contribution in [-0.4, -0.2) is 4.98 Å². The summed E-state index contributed by atoms with van der Waals surface area (Å²) in [5.74, 6) is 0. The number of pyridine rings is 1. The average Bonchev–Trinajstić information content (AvgIpc) is 2.14. The molecule has 76 valence electrons. The number of hydrogen-bond donors (Lipinski definition) is 0. The van der Waals surface area contributed by atoms with Crippen molar-refractivity contribution in [2.24, 2.45) is 0 Å². The molecule has 1 aromatic rings. The number of rotatable bonds is 1. The van der Waals surface area contributed by atoms with E-state index in [1.54, 1.807) is 6.20 Å². The van der Waals surface area contributed by atoms with Crippen molar-refractivity contribution >= 4 is 24.3 Å². The maximum absolute atomic E-state index is 5.76. The second-order valence-electron chi connectivity index (χ2n) is 2.68. The lowest BCUT2D eigenvalue weighted by Crippen LogP contribution is -2.25. The van der Waals surface area contributed by atoms with Crippen LogP contribution in [0.15, 0.2) is 24.4 Å². The van der Waals surface area contributed by atoms with Gasteiger partial charge in [0.2, 0.25) is 0 Å². The minimum absolute atomic E-state index is 0.620. The SMILES string of the molecule is C=C(C)/C=c1/cc(Cl)cnc1=C.CC. The summed E-state index contributed by atoms with van der Waals surface area (Å²) in [5, 5.41) is 2.27. The summed E-state index contributed by atoms with van der Waals surface area (Å²) >= 11 is 5.76. The van der Waals surface area contributed by atoms with Crippen LogP contribution < -0.4 is 10.6 Å². The van der Waals surface area contributed by atoms with Crippen LogP contribution in [0.3, 0.4) is 0 Å². The fourth-order valence-corrected chi connectivity index (χ4v) is 1.04. The number of nitrogens with zero attached hydrogens (tertiary/aromatic N) is 1. The van der Waals surface area contributed by atoms with Gasteiger partial charge in [0.25, 0.3) is 0 Å². The minimum atomic E-state index is 0.620. The Morgan fingerprint density at radius 2 is 2.07 bits per heavy atom. The third-order valence-electron chi connectivity index (χ3n) is 1.37. The first-order valence-corrected chi connectivity index (χ1v) is 4.95. The van der Waals surface area contributed by atoms with Crippen LogP contribution in [0, 0.1) is 0 Å². The number of aromatic nitrogens is 1. The van der Waals surface area contributed by atoms with Crippen molar-refractivity contribution in [2.45, 2.75) is 20.8 Å². The second-order valence-corrected chi connectivity index (χ2v) is 3.12. The second kappa shape index (κ2) is 6.39. The van der Waals surface area contributed by atoms with Gasteiger partial charge in [-0.15, -0.1) is 0 Å². The van der Waals surface area contributed by atoms with Crippen LogP contribution in [0.2, 0.25) is 5.02 Å². The van der Waals surface area contributed by atoms with Crippen molar-refractivity contribution in [1.29, 1.82) is 0 Å². The van der Waals surface area contributed by atoms with Gasteiger partial charge in [-0.25, -0.2) is 0 Å². The van der Waals surface area contributed by atoms with Crippen LogP contribution >= 0.6 is 11.6 Å². The Labute approximate surface area is 90.4 Å². The van der Waals surface area contributed by atoms with Crippen LogP contribution in [0.4, 0.5) is 0 Å². The van der Waals surface area contributed by atoms with E-state index in [2.05, 4.69) is 18.1 Å².